The average molecular weight is 502 g/mol. The fraction of sp³-hybridized carbons (Fsp3) is 0.444. The first-order valence-corrected chi connectivity index (χ1v) is 12.3. The summed E-state index contributed by atoms with van der Waals surface area (Å²) in [4.78, 5) is 6.81. The van der Waals surface area contributed by atoms with Gasteiger partial charge in [-0.2, -0.15) is 13.2 Å². The van der Waals surface area contributed by atoms with Gasteiger partial charge in [-0.05, 0) is 37.6 Å². The minimum atomic E-state index is -4.49. The number of aryl methyl sites for hydroxylation is 1. The van der Waals surface area contributed by atoms with E-state index in [0.717, 1.165) is 61.2 Å². The zero-order valence-corrected chi connectivity index (χ0v) is 20.2. The lowest BCUT2D eigenvalue weighted by Gasteiger charge is -2.37. The molecule has 2 aromatic carbocycles. The van der Waals surface area contributed by atoms with Crippen molar-refractivity contribution in [1.29, 1.82) is 0 Å². The molecule has 0 radical (unpaired) electrons. The summed E-state index contributed by atoms with van der Waals surface area (Å²) in [5, 5.41) is 3.99. The number of aromatic nitrogens is 1. The molecule has 2 aliphatic heterocycles. The van der Waals surface area contributed by atoms with E-state index in [1.165, 1.54) is 0 Å². The summed E-state index contributed by atoms with van der Waals surface area (Å²) in [7, 11) is 0. The normalized spacial score (nSPS) is 18.1. The van der Waals surface area contributed by atoms with Gasteiger partial charge in [0.1, 0.15) is 5.75 Å². The number of alkyl halides is 3. The van der Waals surface area contributed by atoms with Gasteiger partial charge in [0.05, 0.1) is 30.9 Å². The van der Waals surface area contributed by atoms with Crippen molar-refractivity contribution in [2.24, 2.45) is 0 Å². The number of hydrogen-bond acceptors (Lipinski definition) is 6. The number of para-hydroxylation sites is 1. The number of ether oxygens (including phenoxy) is 3. The highest BCUT2D eigenvalue weighted by molar-refractivity contribution is 5.93. The zero-order valence-electron chi connectivity index (χ0n) is 20.2. The number of likely N-dealkylation sites (tertiary alicyclic amines) is 1. The van der Waals surface area contributed by atoms with E-state index >= 15 is 0 Å². The van der Waals surface area contributed by atoms with E-state index in [9.17, 15) is 13.2 Å². The Balaban J connectivity index is 1.24. The van der Waals surface area contributed by atoms with Crippen LogP contribution in [0, 0.1) is 6.92 Å². The highest BCUT2D eigenvalue weighted by atomic mass is 19.4. The van der Waals surface area contributed by atoms with E-state index < -0.39 is 17.5 Å². The first-order chi connectivity index (χ1) is 17.3. The average Bonchev–Trinajstić information content (AvgIpc) is 3.30. The summed E-state index contributed by atoms with van der Waals surface area (Å²) in [6.45, 7) is 6.04. The summed E-state index contributed by atoms with van der Waals surface area (Å²) in [6.07, 6.45) is -2.11. The summed E-state index contributed by atoms with van der Waals surface area (Å²) < 4.78 is 58.2. The van der Waals surface area contributed by atoms with Crippen molar-refractivity contribution < 1.29 is 27.4 Å². The van der Waals surface area contributed by atoms with Crippen LogP contribution in [0.1, 0.15) is 30.5 Å². The first kappa shape index (κ1) is 24.8. The molecule has 3 heterocycles. The van der Waals surface area contributed by atoms with Gasteiger partial charge in [-0.25, -0.2) is 0 Å². The van der Waals surface area contributed by atoms with Gasteiger partial charge in [0, 0.05) is 61.0 Å². The molecular formula is C27H30F3N3O3. The van der Waals surface area contributed by atoms with Crippen molar-refractivity contribution in [3.05, 3.63) is 59.8 Å². The Kier molecular flexibility index (Phi) is 7.05. The second-order valence-electron chi connectivity index (χ2n) is 9.35. The van der Waals surface area contributed by atoms with Crippen LogP contribution in [0.2, 0.25) is 0 Å². The third kappa shape index (κ3) is 5.74. The Morgan fingerprint density at radius 2 is 1.81 bits per heavy atom. The Hall–Kier alpha value is -2.88. The van der Waals surface area contributed by atoms with Gasteiger partial charge >= 0.3 is 6.18 Å². The van der Waals surface area contributed by atoms with Gasteiger partial charge in [-0.1, -0.05) is 18.2 Å². The largest absolute Gasteiger partial charge is 0.493 e. The zero-order chi connectivity index (χ0) is 25.2. The Morgan fingerprint density at radius 1 is 1.06 bits per heavy atom. The SMILES string of the molecule is Cc1cc(Nc2cc(OCCCN3CCC4(CC3)OCCO4)cc(C(F)(F)F)c2)c2ccccc2n1. The van der Waals surface area contributed by atoms with E-state index in [-0.39, 0.29) is 5.75 Å². The van der Waals surface area contributed by atoms with Crippen LogP contribution in [0.5, 0.6) is 5.75 Å². The number of rotatable bonds is 7. The molecule has 1 spiro atoms. The number of hydrogen-bond donors (Lipinski definition) is 1. The number of halogens is 3. The van der Waals surface area contributed by atoms with Crippen LogP contribution in [0.3, 0.4) is 0 Å². The van der Waals surface area contributed by atoms with Crippen LogP contribution < -0.4 is 10.1 Å². The number of fused-ring (bicyclic) bond motifs is 1. The third-order valence-corrected chi connectivity index (χ3v) is 6.68. The number of anilines is 2. The van der Waals surface area contributed by atoms with Crippen LogP contribution in [-0.4, -0.2) is 55.1 Å². The standard InChI is InChI=1S/C27H30F3N3O3/c1-19-15-25(23-5-2-3-6-24(23)31-19)32-21-16-20(27(28,29)30)17-22(18-21)34-12-4-9-33-10-7-26(8-11-33)35-13-14-36-26/h2-3,5-6,15-18H,4,7-14H2,1H3,(H,31,32). The lowest BCUT2D eigenvalue weighted by molar-refractivity contribution is -0.185. The highest BCUT2D eigenvalue weighted by Gasteiger charge is 2.39. The lowest BCUT2D eigenvalue weighted by Crippen LogP contribution is -2.45. The number of nitrogens with zero attached hydrogens (tertiary/aromatic N) is 2. The van der Waals surface area contributed by atoms with E-state index in [0.29, 0.717) is 37.6 Å². The van der Waals surface area contributed by atoms with Gasteiger partial charge < -0.3 is 24.4 Å². The van der Waals surface area contributed by atoms with Crippen molar-refractivity contribution in [3.8, 4) is 5.75 Å². The van der Waals surface area contributed by atoms with E-state index in [2.05, 4.69) is 15.2 Å². The summed E-state index contributed by atoms with van der Waals surface area (Å²) in [5.41, 5.74) is 1.80. The van der Waals surface area contributed by atoms with Crippen molar-refractivity contribution in [1.82, 2.24) is 9.88 Å². The predicted molar refractivity (Wildman–Crippen MR) is 132 cm³/mol. The van der Waals surface area contributed by atoms with Crippen molar-refractivity contribution >= 4 is 22.3 Å². The molecule has 3 aromatic rings. The van der Waals surface area contributed by atoms with Crippen molar-refractivity contribution in [3.63, 3.8) is 0 Å². The summed E-state index contributed by atoms with van der Waals surface area (Å²) >= 11 is 0. The molecule has 2 aliphatic rings. The molecule has 5 rings (SSSR count). The third-order valence-electron chi connectivity index (χ3n) is 6.68. The van der Waals surface area contributed by atoms with Crippen LogP contribution >= 0.6 is 0 Å². The maximum absolute atomic E-state index is 13.6. The molecule has 0 amide bonds. The van der Waals surface area contributed by atoms with E-state index in [1.54, 1.807) is 6.07 Å². The van der Waals surface area contributed by atoms with Gasteiger partial charge in [-0.15, -0.1) is 0 Å². The maximum Gasteiger partial charge on any atom is 0.416 e. The number of piperidine rings is 1. The van der Waals surface area contributed by atoms with Gasteiger partial charge in [-0.3, -0.25) is 4.98 Å². The van der Waals surface area contributed by atoms with E-state index in [4.69, 9.17) is 14.2 Å². The second-order valence-corrected chi connectivity index (χ2v) is 9.35. The Bertz CT molecular complexity index is 1200. The predicted octanol–water partition coefficient (Wildman–Crippen LogP) is 5.91. The molecule has 2 fully saturated rings. The molecular weight excluding hydrogens is 471 g/mol. The summed E-state index contributed by atoms with van der Waals surface area (Å²) in [6, 6.07) is 13.1. The molecule has 0 atom stereocenters. The Labute approximate surface area is 208 Å². The minimum absolute atomic E-state index is 0.188. The van der Waals surface area contributed by atoms with Crippen molar-refractivity contribution in [2.75, 3.05) is 44.8 Å². The van der Waals surface area contributed by atoms with Crippen molar-refractivity contribution in [2.45, 2.75) is 38.1 Å². The van der Waals surface area contributed by atoms with Gasteiger partial charge in [0.2, 0.25) is 0 Å². The molecule has 1 N–H and O–H groups in total. The molecule has 6 nitrogen and oxygen atoms in total. The quantitative estimate of drug-likeness (QED) is 0.406. The smallest absolute Gasteiger partial charge is 0.416 e. The number of pyridine rings is 1. The Morgan fingerprint density at radius 3 is 2.56 bits per heavy atom. The molecule has 0 aliphatic carbocycles. The molecule has 1 aromatic heterocycles. The molecule has 192 valence electrons. The topological polar surface area (TPSA) is 55.9 Å². The number of nitrogens with one attached hydrogen (secondary N) is 1. The van der Waals surface area contributed by atoms with E-state index in [1.807, 2.05) is 37.3 Å². The second kappa shape index (κ2) is 10.2. The first-order valence-electron chi connectivity index (χ1n) is 12.3. The fourth-order valence-corrected chi connectivity index (χ4v) is 4.87. The van der Waals surface area contributed by atoms with Gasteiger partial charge in [0.15, 0.2) is 5.79 Å². The van der Waals surface area contributed by atoms with Crippen LogP contribution in [0.15, 0.2) is 48.5 Å². The molecule has 9 heteroatoms. The monoisotopic (exact) mass is 501 g/mol. The molecule has 0 unspecified atom stereocenters. The van der Waals surface area contributed by atoms with Crippen LogP contribution in [0.4, 0.5) is 24.5 Å². The summed E-state index contributed by atoms with van der Waals surface area (Å²) in [5.74, 6) is -0.222. The van der Waals surface area contributed by atoms with Crippen LogP contribution in [0.25, 0.3) is 10.9 Å². The molecule has 0 bridgehead atoms. The fourth-order valence-electron chi connectivity index (χ4n) is 4.87. The minimum Gasteiger partial charge on any atom is -0.493 e. The van der Waals surface area contributed by atoms with Gasteiger partial charge in [0.25, 0.3) is 0 Å². The molecule has 0 saturated carbocycles. The molecule has 36 heavy (non-hydrogen) atoms. The number of benzene rings is 2. The highest BCUT2D eigenvalue weighted by Crippen LogP contribution is 2.36. The molecule has 2 saturated heterocycles. The van der Waals surface area contributed by atoms with Crippen LogP contribution in [-0.2, 0) is 15.7 Å². The maximum atomic E-state index is 13.6. The lowest BCUT2D eigenvalue weighted by atomic mass is 10.0.